The van der Waals surface area contributed by atoms with Gasteiger partial charge in [-0.25, -0.2) is 0 Å². The molecule has 2 rings (SSSR count). The van der Waals surface area contributed by atoms with Gasteiger partial charge in [-0.15, -0.1) is 0 Å². The average Bonchev–Trinajstić information content (AvgIpc) is 2.00. The molecule has 2 aliphatic heterocycles. The van der Waals surface area contributed by atoms with Gasteiger partial charge in [0.15, 0.2) is 0 Å². The number of carbonyl (C=O) groups excluding carboxylic acids is 2. The number of cyclic esters (lactones) is 2. The van der Waals surface area contributed by atoms with Gasteiger partial charge < -0.3 is 4.74 Å². The molecular weight excluding hydrogens is 202 g/mol. The molecule has 0 aromatic heterocycles. The van der Waals surface area contributed by atoms with Crippen LogP contribution in [0.1, 0.15) is 13.8 Å². The van der Waals surface area contributed by atoms with Crippen molar-refractivity contribution in [1.82, 2.24) is 4.90 Å². The molecular formula is C9H13NO3S. The van der Waals surface area contributed by atoms with Crippen molar-refractivity contribution >= 4 is 23.7 Å². The molecule has 2 saturated heterocycles. The molecule has 0 aliphatic carbocycles. The number of esters is 2. The predicted molar refractivity (Wildman–Crippen MR) is 53.0 cm³/mol. The average molecular weight is 215 g/mol. The smallest absolute Gasteiger partial charge is 0.327 e. The Kier molecular flexibility index (Phi) is 2.31. The number of thioether (sulfide) groups is 1. The minimum atomic E-state index is -0.422. The highest BCUT2D eigenvalue weighted by Gasteiger charge is 2.45. The van der Waals surface area contributed by atoms with E-state index in [9.17, 15) is 9.59 Å². The van der Waals surface area contributed by atoms with Gasteiger partial charge in [-0.2, -0.15) is 11.8 Å². The first-order valence-corrected chi connectivity index (χ1v) is 5.59. The lowest BCUT2D eigenvalue weighted by molar-refractivity contribution is -0.168. The SMILES string of the molecule is CC1(C)SCC1N1CC(=O)OC(=O)C1. The van der Waals surface area contributed by atoms with E-state index in [4.69, 9.17) is 0 Å². The molecule has 2 fully saturated rings. The van der Waals surface area contributed by atoms with Gasteiger partial charge in [-0.1, -0.05) is 0 Å². The highest BCUT2D eigenvalue weighted by Crippen LogP contribution is 2.43. The minimum absolute atomic E-state index is 0.151. The number of carbonyl (C=O) groups is 2. The first-order valence-electron chi connectivity index (χ1n) is 4.60. The lowest BCUT2D eigenvalue weighted by Crippen LogP contribution is -2.60. The molecule has 1 unspecified atom stereocenters. The maximum atomic E-state index is 11.0. The van der Waals surface area contributed by atoms with Crippen molar-refractivity contribution in [2.45, 2.75) is 24.6 Å². The van der Waals surface area contributed by atoms with E-state index >= 15 is 0 Å². The van der Waals surface area contributed by atoms with Gasteiger partial charge in [0.1, 0.15) is 0 Å². The zero-order valence-electron chi connectivity index (χ0n) is 8.28. The molecule has 14 heavy (non-hydrogen) atoms. The summed E-state index contributed by atoms with van der Waals surface area (Å²) in [6, 6.07) is 0.323. The standard InChI is InChI=1S/C9H13NO3S/c1-9(2)6(5-14-9)10-3-7(11)13-8(12)4-10/h6H,3-5H2,1-2H3. The molecule has 0 N–H and O–H groups in total. The third kappa shape index (κ3) is 1.66. The molecule has 2 aliphatic rings. The summed E-state index contributed by atoms with van der Waals surface area (Å²) in [5.74, 6) is 0.149. The highest BCUT2D eigenvalue weighted by molar-refractivity contribution is 8.02. The Morgan fingerprint density at radius 3 is 2.29 bits per heavy atom. The van der Waals surface area contributed by atoms with E-state index in [0.29, 0.717) is 6.04 Å². The Labute approximate surface area is 87.0 Å². The van der Waals surface area contributed by atoms with E-state index in [1.165, 1.54) is 0 Å². The lowest BCUT2D eigenvalue weighted by atomic mass is 10.0. The van der Waals surface area contributed by atoms with Gasteiger partial charge in [-0.3, -0.25) is 14.5 Å². The Morgan fingerprint density at radius 2 is 1.93 bits per heavy atom. The fraction of sp³-hybridized carbons (Fsp3) is 0.778. The first kappa shape index (κ1) is 9.98. The van der Waals surface area contributed by atoms with Crippen LogP contribution < -0.4 is 0 Å². The number of hydrogen-bond acceptors (Lipinski definition) is 5. The summed E-state index contributed by atoms with van der Waals surface area (Å²) in [4.78, 5) is 24.0. The number of rotatable bonds is 1. The van der Waals surface area contributed by atoms with Crippen molar-refractivity contribution < 1.29 is 14.3 Å². The van der Waals surface area contributed by atoms with Crippen LogP contribution in [-0.2, 0) is 14.3 Å². The van der Waals surface area contributed by atoms with Crippen molar-refractivity contribution in [2.24, 2.45) is 0 Å². The highest BCUT2D eigenvalue weighted by atomic mass is 32.2. The van der Waals surface area contributed by atoms with E-state index in [-0.39, 0.29) is 17.8 Å². The second kappa shape index (κ2) is 3.24. The minimum Gasteiger partial charge on any atom is -0.391 e. The summed E-state index contributed by atoms with van der Waals surface area (Å²) in [7, 11) is 0. The number of ether oxygens (including phenoxy) is 1. The molecule has 0 aromatic carbocycles. The largest absolute Gasteiger partial charge is 0.391 e. The summed E-state index contributed by atoms with van der Waals surface area (Å²) in [5.41, 5.74) is 0. The van der Waals surface area contributed by atoms with Gasteiger partial charge in [0.05, 0.1) is 13.1 Å². The van der Waals surface area contributed by atoms with Crippen molar-refractivity contribution in [3.05, 3.63) is 0 Å². The zero-order chi connectivity index (χ0) is 10.3. The summed E-state index contributed by atoms with van der Waals surface area (Å²) >= 11 is 1.86. The van der Waals surface area contributed by atoms with Gasteiger partial charge in [0.2, 0.25) is 0 Å². The van der Waals surface area contributed by atoms with Gasteiger partial charge in [0, 0.05) is 16.5 Å². The number of hydrogen-bond donors (Lipinski definition) is 0. The molecule has 2 heterocycles. The van der Waals surface area contributed by atoms with Crippen LogP contribution in [0.4, 0.5) is 0 Å². The van der Waals surface area contributed by atoms with Gasteiger partial charge in [-0.05, 0) is 13.8 Å². The van der Waals surface area contributed by atoms with E-state index in [2.05, 4.69) is 18.6 Å². The summed E-state index contributed by atoms with van der Waals surface area (Å²) < 4.78 is 4.63. The zero-order valence-corrected chi connectivity index (χ0v) is 9.10. The molecule has 0 bridgehead atoms. The summed E-state index contributed by atoms with van der Waals surface area (Å²) in [6.45, 7) is 4.77. The van der Waals surface area contributed by atoms with Crippen LogP contribution in [0.5, 0.6) is 0 Å². The predicted octanol–water partition coefficient (Wildman–Crippen LogP) is 0.266. The van der Waals surface area contributed by atoms with Crippen molar-refractivity contribution in [3.63, 3.8) is 0 Å². The van der Waals surface area contributed by atoms with E-state index in [0.717, 1.165) is 5.75 Å². The second-order valence-corrected chi connectivity index (χ2v) is 5.86. The molecule has 0 aromatic rings. The number of morpholine rings is 1. The fourth-order valence-corrected chi connectivity index (χ4v) is 3.18. The quantitative estimate of drug-likeness (QED) is 0.464. The Hall–Kier alpha value is -0.550. The molecule has 0 spiro atoms. The second-order valence-electron chi connectivity index (χ2n) is 4.18. The maximum Gasteiger partial charge on any atom is 0.327 e. The summed E-state index contributed by atoms with van der Waals surface area (Å²) in [6.07, 6.45) is 0. The Bertz CT molecular complexity index is 274. The van der Waals surface area contributed by atoms with Gasteiger partial charge >= 0.3 is 11.9 Å². The van der Waals surface area contributed by atoms with Crippen LogP contribution in [0.25, 0.3) is 0 Å². The summed E-state index contributed by atoms with van der Waals surface area (Å²) in [5, 5.41) is 0. The normalized spacial score (nSPS) is 32.3. The van der Waals surface area contributed by atoms with Crippen LogP contribution in [0.3, 0.4) is 0 Å². The molecule has 0 saturated carbocycles. The van der Waals surface area contributed by atoms with Gasteiger partial charge in [0.25, 0.3) is 0 Å². The number of nitrogens with zero attached hydrogens (tertiary/aromatic N) is 1. The molecule has 0 radical (unpaired) electrons. The van der Waals surface area contributed by atoms with Crippen LogP contribution >= 0.6 is 11.8 Å². The lowest BCUT2D eigenvalue weighted by Gasteiger charge is -2.49. The third-order valence-electron chi connectivity index (χ3n) is 2.75. The molecule has 0 amide bonds. The van der Waals surface area contributed by atoms with Crippen LogP contribution in [0, 0.1) is 0 Å². The monoisotopic (exact) mass is 215 g/mol. The van der Waals surface area contributed by atoms with Crippen molar-refractivity contribution in [2.75, 3.05) is 18.8 Å². The van der Waals surface area contributed by atoms with E-state index < -0.39 is 11.9 Å². The van der Waals surface area contributed by atoms with Crippen molar-refractivity contribution in [1.29, 1.82) is 0 Å². The third-order valence-corrected chi connectivity index (χ3v) is 4.25. The topological polar surface area (TPSA) is 46.6 Å². The molecule has 5 heteroatoms. The van der Waals surface area contributed by atoms with Crippen LogP contribution in [0.2, 0.25) is 0 Å². The molecule has 1 atom stereocenters. The van der Waals surface area contributed by atoms with Crippen LogP contribution in [0.15, 0.2) is 0 Å². The Morgan fingerprint density at radius 1 is 1.36 bits per heavy atom. The van der Waals surface area contributed by atoms with E-state index in [1.807, 2.05) is 16.7 Å². The maximum absolute atomic E-state index is 11.0. The molecule has 4 nitrogen and oxygen atoms in total. The Balaban J connectivity index is 2.04. The van der Waals surface area contributed by atoms with Crippen LogP contribution in [-0.4, -0.2) is 46.5 Å². The fourth-order valence-electron chi connectivity index (χ4n) is 1.84. The first-order chi connectivity index (χ1) is 6.49. The molecule has 78 valence electrons. The van der Waals surface area contributed by atoms with E-state index in [1.54, 1.807) is 0 Å². The van der Waals surface area contributed by atoms with Crippen molar-refractivity contribution in [3.8, 4) is 0 Å².